The molecule has 0 bridgehead atoms. The van der Waals surface area contributed by atoms with Gasteiger partial charge in [0.05, 0.1) is 10.7 Å². The van der Waals surface area contributed by atoms with Crippen molar-refractivity contribution in [1.29, 1.82) is 0 Å². The van der Waals surface area contributed by atoms with Crippen molar-refractivity contribution >= 4 is 86.1 Å². The number of barbiturate groups is 1. The van der Waals surface area contributed by atoms with E-state index in [9.17, 15) is 22.8 Å². The van der Waals surface area contributed by atoms with Crippen molar-refractivity contribution in [3.63, 3.8) is 0 Å². The molecule has 1 aliphatic rings. The van der Waals surface area contributed by atoms with Crippen LogP contribution in [0.3, 0.4) is 0 Å². The normalized spacial score (nSPS) is 15.2. The predicted molar refractivity (Wildman–Crippen MR) is 141 cm³/mol. The number of carbonyl (C=O) groups is 3. The quantitative estimate of drug-likeness (QED) is 0.217. The minimum Gasteiger partial charge on any atom is -0.377 e. The Labute approximate surface area is 231 Å². The zero-order valence-corrected chi connectivity index (χ0v) is 22.4. The van der Waals surface area contributed by atoms with Crippen LogP contribution in [0.2, 0.25) is 20.1 Å². The second-order valence-corrected chi connectivity index (χ2v) is 10.9. The van der Waals surface area contributed by atoms with Gasteiger partial charge in [-0.2, -0.15) is 8.42 Å². The van der Waals surface area contributed by atoms with Gasteiger partial charge < -0.3 is 4.18 Å². The van der Waals surface area contributed by atoms with Crippen LogP contribution >= 0.6 is 46.4 Å². The SMILES string of the molecule is Cc1ccc(Cl)cc1N1C(=O)NC(=O)/C(=C\c2cc(Cl)cc(Cl)c2OS(=O)(=O)c2ccc(Cl)cc2)C1=O. The molecule has 190 valence electrons. The average Bonchev–Trinajstić information content (AvgIpc) is 2.81. The third kappa shape index (κ3) is 5.61. The number of rotatable bonds is 5. The van der Waals surface area contributed by atoms with Crippen LogP contribution in [-0.4, -0.2) is 26.3 Å². The summed E-state index contributed by atoms with van der Waals surface area (Å²) in [6.07, 6.45) is 1.03. The van der Waals surface area contributed by atoms with E-state index in [4.69, 9.17) is 50.6 Å². The number of aryl methyl sites for hydroxylation is 1. The molecule has 1 aliphatic heterocycles. The number of halogens is 4. The second kappa shape index (κ2) is 10.4. The highest BCUT2D eigenvalue weighted by molar-refractivity contribution is 7.87. The second-order valence-electron chi connectivity index (χ2n) is 7.69. The third-order valence-corrected chi connectivity index (χ3v) is 7.37. The highest BCUT2D eigenvalue weighted by Crippen LogP contribution is 2.37. The number of carbonyl (C=O) groups excluding carboxylic acids is 3. The lowest BCUT2D eigenvalue weighted by Gasteiger charge is -2.27. The maximum atomic E-state index is 13.3. The molecule has 0 atom stereocenters. The molecule has 4 rings (SSSR count). The van der Waals surface area contributed by atoms with E-state index in [2.05, 4.69) is 5.32 Å². The van der Waals surface area contributed by atoms with Gasteiger partial charge in [-0.15, -0.1) is 0 Å². The van der Waals surface area contributed by atoms with Crippen molar-refractivity contribution in [3.05, 3.63) is 91.4 Å². The van der Waals surface area contributed by atoms with Gasteiger partial charge >= 0.3 is 16.1 Å². The number of anilines is 1. The van der Waals surface area contributed by atoms with Crippen molar-refractivity contribution in [2.24, 2.45) is 0 Å². The first-order valence-corrected chi connectivity index (χ1v) is 13.2. The molecule has 1 saturated heterocycles. The van der Waals surface area contributed by atoms with Crippen LogP contribution < -0.4 is 14.4 Å². The lowest BCUT2D eigenvalue weighted by molar-refractivity contribution is -0.122. The summed E-state index contributed by atoms with van der Waals surface area (Å²) in [7, 11) is -4.41. The first-order valence-electron chi connectivity index (χ1n) is 10.2. The molecule has 0 saturated carbocycles. The van der Waals surface area contributed by atoms with Gasteiger partial charge in [0.2, 0.25) is 0 Å². The molecule has 1 fully saturated rings. The van der Waals surface area contributed by atoms with Crippen molar-refractivity contribution in [2.75, 3.05) is 4.90 Å². The van der Waals surface area contributed by atoms with Crippen LogP contribution in [0.25, 0.3) is 6.08 Å². The Kier molecular flexibility index (Phi) is 7.55. The van der Waals surface area contributed by atoms with E-state index in [1.165, 1.54) is 42.5 Å². The van der Waals surface area contributed by atoms with Crippen LogP contribution in [0, 0.1) is 6.92 Å². The summed E-state index contributed by atoms with van der Waals surface area (Å²) < 4.78 is 31.0. The highest BCUT2D eigenvalue weighted by Gasteiger charge is 2.38. The molecule has 4 amide bonds. The lowest BCUT2D eigenvalue weighted by Crippen LogP contribution is -2.54. The van der Waals surface area contributed by atoms with Crippen LogP contribution in [0.1, 0.15) is 11.1 Å². The zero-order chi connectivity index (χ0) is 27.1. The number of amides is 4. The molecule has 3 aromatic carbocycles. The monoisotopic (exact) mass is 598 g/mol. The van der Waals surface area contributed by atoms with Gasteiger partial charge in [0.15, 0.2) is 5.75 Å². The number of hydrogen-bond donors (Lipinski definition) is 1. The molecule has 1 heterocycles. The Bertz CT molecular complexity index is 1600. The highest BCUT2D eigenvalue weighted by atomic mass is 35.5. The molecular formula is C24H14Cl4N2O6S. The molecule has 0 aromatic heterocycles. The molecule has 0 aliphatic carbocycles. The summed E-state index contributed by atoms with van der Waals surface area (Å²) in [5.74, 6) is -2.40. The summed E-state index contributed by atoms with van der Waals surface area (Å²) in [4.78, 5) is 39.1. The molecule has 0 spiro atoms. The summed E-state index contributed by atoms with van der Waals surface area (Å²) in [6, 6.07) is 11.2. The molecule has 1 N–H and O–H groups in total. The Morgan fingerprint density at radius 3 is 2.19 bits per heavy atom. The Hall–Kier alpha value is -3.08. The molecule has 0 radical (unpaired) electrons. The van der Waals surface area contributed by atoms with Crippen LogP contribution in [0.4, 0.5) is 10.5 Å². The molecule has 8 nitrogen and oxygen atoms in total. The first-order chi connectivity index (χ1) is 17.4. The minimum absolute atomic E-state index is 0.0652. The largest absolute Gasteiger partial charge is 0.377 e. The molecule has 0 unspecified atom stereocenters. The maximum Gasteiger partial charge on any atom is 0.339 e. The van der Waals surface area contributed by atoms with Gasteiger partial charge in [0, 0.05) is 20.6 Å². The van der Waals surface area contributed by atoms with Gasteiger partial charge in [-0.05, 0) is 67.1 Å². The number of nitrogens with one attached hydrogen (secondary N) is 1. The van der Waals surface area contributed by atoms with E-state index in [1.54, 1.807) is 19.1 Å². The van der Waals surface area contributed by atoms with E-state index < -0.39 is 39.3 Å². The fourth-order valence-corrected chi connectivity index (χ4v) is 5.25. The summed E-state index contributed by atoms with van der Waals surface area (Å²) in [5, 5.41) is 2.51. The van der Waals surface area contributed by atoms with Crippen LogP contribution in [0.15, 0.2) is 65.1 Å². The maximum absolute atomic E-state index is 13.3. The predicted octanol–water partition coefficient (Wildman–Crippen LogP) is 6.04. The van der Waals surface area contributed by atoms with Crippen LogP contribution in [0.5, 0.6) is 5.75 Å². The molecular weight excluding hydrogens is 586 g/mol. The number of benzene rings is 3. The number of nitrogens with zero attached hydrogens (tertiary/aromatic N) is 1. The minimum atomic E-state index is -4.41. The van der Waals surface area contributed by atoms with Crippen LogP contribution in [-0.2, 0) is 19.7 Å². The van der Waals surface area contributed by atoms with Gasteiger partial charge in [-0.25, -0.2) is 9.69 Å². The Morgan fingerprint density at radius 2 is 1.51 bits per heavy atom. The summed E-state index contributed by atoms with van der Waals surface area (Å²) >= 11 is 24.2. The lowest BCUT2D eigenvalue weighted by atomic mass is 10.0. The summed E-state index contributed by atoms with van der Waals surface area (Å²) in [5.41, 5.74) is 0.0708. The van der Waals surface area contributed by atoms with E-state index in [0.29, 0.717) is 10.6 Å². The number of hydrogen-bond acceptors (Lipinski definition) is 6. The zero-order valence-electron chi connectivity index (χ0n) is 18.6. The standard InChI is InChI=1S/C24H14Cl4N2O6S/c1-12-2-3-15(26)11-20(12)30-23(32)18(22(31)29-24(30)33)9-13-8-16(27)10-19(28)21(13)36-37(34,35)17-6-4-14(25)5-7-17/h2-11H,1H3,(H,29,31,33)/b18-9+. The van der Waals surface area contributed by atoms with Crippen molar-refractivity contribution in [3.8, 4) is 5.75 Å². The average molecular weight is 600 g/mol. The fourth-order valence-electron chi connectivity index (χ4n) is 3.39. The molecule has 13 heteroatoms. The van der Waals surface area contributed by atoms with E-state index in [0.717, 1.165) is 11.0 Å². The topological polar surface area (TPSA) is 110 Å². The fraction of sp³-hybridized carbons (Fsp3) is 0.0417. The van der Waals surface area contributed by atoms with E-state index >= 15 is 0 Å². The Morgan fingerprint density at radius 1 is 0.865 bits per heavy atom. The van der Waals surface area contributed by atoms with E-state index in [1.807, 2.05) is 0 Å². The van der Waals surface area contributed by atoms with Crippen molar-refractivity contribution in [1.82, 2.24) is 5.32 Å². The van der Waals surface area contributed by atoms with Gasteiger partial charge in [-0.1, -0.05) is 52.5 Å². The van der Waals surface area contributed by atoms with E-state index in [-0.39, 0.29) is 31.2 Å². The summed E-state index contributed by atoms with van der Waals surface area (Å²) in [6.45, 7) is 1.65. The van der Waals surface area contributed by atoms with Crippen molar-refractivity contribution in [2.45, 2.75) is 11.8 Å². The van der Waals surface area contributed by atoms with Gasteiger partial charge in [-0.3, -0.25) is 14.9 Å². The molecule has 3 aromatic rings. The Balaban J connectivity index is 1.81. The number of imide groups is 2. The van der Waals surface area contributed by atoms with Gasteiger partial charge in [0.25, 0.3) is 11.8 Å². The van der Waals surface area contributed by atoms with Crippen molar-refractivity contribution < 1.29 is 27.0 Å². The first kappa shape index (κ1) is 27.0. The number of urea groups is 1. The molecule has 37 heavy (non-hydrogen) atoms. The van der Waals surface area contributed by atoms with Gasteiger partial charge in [0.1, 0.15) is 10.5 Å². The third-order valence-electron chi connectivity index (χ3n) is 5.15. The smallest absolute Gasteiger partial charge is 0.339 e.